The predicted molar refractivity (Wildman–Crippen MR) is 87.8 cm³/mol. The van der Waals surface area contributed by atoms with Gasteiger partial charge in [-0.25, -0.2) is 4.98 Å². The number of halogens is 1. The van der Waals surface area contributed by atoms with Crippen LogP contribution in [0.4, 0.5) is 0 Å². The lowest BCUT2D eigenvalue weighted by atomic mass is 10.2. The molecule has 22 heavy (non-hydrogen) atoms. The van der Waals surface area contributed by atoms with Crippen LogP contribution in [-0.2, 0) is 0 Å². The zero-order valence-corrected chi connectivity index (χ0v) is 13.5. The van der Waals surface area contributed by atoms with Crippen molar-refractivity contribution in [3.63, 3.8) is 0 Å². The Morgan fingerprint density at radius 3 is 2.77 bits per heavy atom. The van der Waals surface area contributed by atoms with Crippen molar-refractivity contribution in [2.75, 3.05) is 0 Å². The maximum Gasteiger partial charge on any atom is 0.291 e. The van der Waals surface area contributed by atoms with Gasteiger partial charge in [-0.3, -0.25) is 4.79 Å². The molecule has 7 heteroatoms. The molecule has 0 N–H and O–H groups in total. The van der Waals surface area contributed by atoms with E-state index in [1.165, 1.54) is 22.2 Å². The average molecular weight is 374 g/mol. The lowest BCUT2D eigenvalue weighted by Gasteiger charge is -1.96. The molecule has 0 unspecified atom stereocenters. The fraction of sp³-hybridized carbons (Fsp3) is 0. The largest absolute Gasteiger partial charge is 0.457 e. The summed E-state index contributed by atoms with van der Waals surface area (Å²) >= 11 is 4.69. The molecule has 0 saturated carbocycles. The van der Waals surface area contributed by atoms with Gasteiger partial charge in [0.1, 0.15) is 22.4 Å². The Hall–Kier alpha value is -2.25. The second-order valence-electron chi connectivity index (χ2n) is 4.58. The van der Waals surface area contributed by atoms with E-state index in [0.29, 0.717) is 15.3 Å². The summed E-state index contributed by atoms with van der Waals surface area (Å²) in [7, 11) is 0. The molecule has 0 bridgehead atoms. The third-order valence-electron chi connectivity index (χ3n) is 3.15. The number of fused-ring (bicyclic) bond motifs is 1. The first-order chi connectivity index (χ1) is 10.7. The van der Waals surface area contributed by atoms with Gasteiger partial charge in [-0.05, 0) is 24.3 Å². The van der Waals surface area contributed by atoms with E-state index in [1.807, 2.05) is 36.4 Å². The van der Waals surface area contributed by atoms with Gasteiger partial charge in [0, 0.05) is 16.1 Å². The summed E-state index contributed by atoms with van der Waals surface area (Å²) in [5, 5.41) is 3.89. The summed E-state index contributed by atoms with van der Waals surface area (Å²) < 4.78 is 8.64. The van der Waals surface area contributed by atoms with E-state index in [4.69, 9.17) is 4.42 Å². The molecule has 0 radical (unpaired) electrons. The van der Waals surface area contributed by atoms with Crippen molar-refractivity contribution < 1.29 is 4.42 Å². The maximum absolute atomic E-state index is 12.1. The normalized spacial score (nSPS) is 12.3. The highest BCUT2D eigenvalue weighted by Crippen LogP contribution is 2.24. The maximum atomic E-state index is 12.1. The van der Waals surface area contributed by atoms with Crippen molar-refractivity contribution in [1.29, 1.82) is 0 Å². The third kappa shape index (κ3) is 2.28. The molecule has 3 heterocycles. The van der Waals surface area contributed by atoms with E-state index >= 15 is 0 Å². The molecule has 0 aliphatic rings. The summed E-state index contributed by atoms with van der Waals surface area (Å²) in [6.07, 6.45) is 3.08. The molecule has 0 fully saturated rings. The van der Waals surface area contributed by atoms with Gasteiger partial charge in [-0.1, -0.05) is 39.4 Å². The number of rotatable bonds is 2. The van der Waals surface area contributed by atoms with Gasteiger partial charge in [0.05, 0.1) is 0 Å². The van der Waals surface area contributed by atoms with Crippen molar-refractivity contribution in [3.8, 4) is 11.3 Å². The van der Waals surface area contributed by atoms with Crippen LogP contribution in [0.5, 0.6) is 0 Å². The molecule has 0 aliphatic carbocycles. The fourth-order valence-electron chi connectivity index (χ4n) is 2.11. The quantitative estimate of drug-likeness (QED) is 0.541. The van der Waals surface area contributed by atoms with Crippen molar-refractivity contribution in [3.05, 3.63) is 67.8 Å². The highest BCUT2D eigenvalue weighted by atomic mass is 79.9. The molecule has 0 amide bonds. The van der Waals surface area contributed by atoms with Crippen molar-refractivity contribution in [1.82, 2.24) is 14.6 Å². The predicted octanol–water partition coefficient (Wildman–Crippen LogP) is 2.72. The minimum Gasteiger partial charge on any atom is -0.457 e. The monoisotopic (exact) mass is 373 g/mol. The van der Waals surface area contributed by atoms with E-state index in [9.17, 15) is 4.79 Å². The summed E-state index contributed by atoms with van der Waals surface area (Å²) in [4.78, 5) is 16.7. The molecular formula is C15H8BrN3O2S. The Labute approximate surface area is 136 Å². The standard InChI is InChI=1S/C15H8BrN3O2S/c16-10-3-1-9(2-4-10)12-6-5-11(21-12)7-13-14(20)19-15(22-13)17-8-18-19/h1-8H/b13-7-. The Balaban J connectivity index is 1.76. The summed E-state index contributed by atoms with van der Waals surface area (Å²) in [5.74, 6) is 1.38. The fourth-order valence-corrected chi connectivity index (χ4v) is 3.23. The highest BCUT2D eigenvalue weighted by Gasteiger charge is 2.07. The van der Waals surface area contributed by atoms with Crippen LogP contribution < -0.4 is 10.1 Å². The Morgan fingerprint density at radius 2 is 2.00 bits per heavy atom. The molecule has 1 aromatic carbocycles. The third-order valence-corrected chi connectivity index (χ3v) is 4.65. The second-order valence-corrected chi connectivity index (χ2v) is 6.50. The van der Waals surface area contributed by atoms with E-state index < -0.39 is 0 Å². The summed E-state index contributed by atoms with van der Waals surface area (Å²) in [6, 6.07) is 11.6. The van der Waals surface area contributed by atoms with Crippen molar-refractivity contribution in [2.45, 2.75) is 0 Å². The van der Waals surface area contributed by atoms with Crippen LogP contribution in [0.2, 0.25) is 0 Å². The van der Waals surface area contributed by atoms with Gasteiger partial charge in [0.2, 0.25) is 4.96 Å². The van der Waals surface area contributed by atoms with E-state index in [-0.39, 0.29) is 5.56 Å². The molecule has 4 aromatic rings. The molecule has 3 aromatic heterocycles. The van der Waals surface area contributed by atoms with Gasteiger partial charge >= 0.3 is 0 Å². The minimum absolute atomic E-state index is 0.181. The first-order valence-corrected chi connectivity index (χ1v) is 8.02. The zero-order valence-electron chi connectivity index (χ0n) is 11.1. The molecule has 0 aliphatic heterocycles. The van der Waals surface area contributed by atoms with E-state index in [0.717, 1.165) is 15.8 Å². The van der Waals surface area contributed by atoms with Gasteiger partial charge in [-0.15, -0.1) is 0 Å². The van der Waals surface area contributed by atoms with Crippen LogP contribution in [-0.4, -0.2) is 14.6 Å². The van der Waals surface area contributed by atoms with Crippen LogP contribution in [0, 0.1) is 0 Å². The van der Waals surface area contributed by atoms with Gasteiger partial charge in [-0.2, -0.15) is 9.61 Å². The van der Waals surface area contributed by atoms with Crippen molar-refractivity contribution >= 4 is 38.3 Å². The molecule has 0 spiro atoms. The molecule has 108 valence electrons. The van der Waals surface area contributed by atoms with Crippen LogP contribution in [0.1, 0.15) is 5.76 Å². The number of nitrogens with zero attached hydrogens (tertiary/aromatic N) is 3. The number of hydrogen-bond acceptors (Lipinski definition) is 5. The first kappa shape index (κ1) is 13.4. The lowest BCUT2D eigenvalue weighted by molar-refractivity contribution is 0.571. The molecule has 0 atom stereocenters. The Morgan fingerprint density at radius 1 is 1.18 bits per heavy atom. The zero-order chi connectivity index (χ0) is 15.1. The first-order valence-electron chi connectivity index (χ1n) is 6.41. The number of furan rings is 1. The number of aromatic nitrogens is 3. The van der Waals surface area contributed by atoms with Gasteiger partial charge in [0.25, 0.3) is 5.56 Å². The highest BCUT2D eigenvalue weighted by molar-refractivity contribution is 9.10. The second kappa shape index (κ2) is 5.19. The molecule has 4 rings (SSSR count). The van der Waals surface area contributed by atoms with Crippen LogP contribution in [0.25, 0.3) is 22.4 Å². The smallest absolute Gasteiger partial charge is 0.291 e. The number of benzene rings is 1. The lowest BCUT2D eigenvalue weighted by Crippen LogP contribution is -2.23. The number of hydrogen-bond donors (Lipinski definition) is 0. The Bertz CT molecular complexity index is 1060. The van der Waals surface area contributed by atoms with Gasteiger partial charge in [0.15, 0.2) is 0 Å². The van der Waals surface area contributed by atoms with Crippen molar-refractivity contribution in [2.24, 2.45) is 0 Å². The molecular weight excluding hydrogens is 366 g/mol. The topological polar surface area (TPSA) is 60.4 Å². The van der Waals surface area contributed by atoms with E-state index in [2.05, 4.69) is 26.0 Å². The van der Waals surface area contributed by atoms with Crippen LogP contribution in [0.3, 0.4) is 0 Å². The van der Waals surface area contributed by atoms with E-state index in [1.54, 1.807) is 6.08 Å². The number of thiazole rings is 1. The molecule has 0 saturated heterocycles. The Kier molecular flexibility index (Phi) is 3.16. The van der Waals surface area contributed by atoms with Crippen LogP contribution >= 0.6 is 27.3 Å². The van der Waals surface area contributed by atoms with Crippen LogP contribution in [0.15, 0.2) is 56.4 Å². The summed E-state index contributed by atoms with van der Waals surface area (Å²) in [6.45, 7) is 0. The minimum atomic E-state index is -0.181. The molecule has 5 nitrogen and oxygen atoms in total. The van der Waals surface area contributed by atoms with Gasteiger partial charge < -0.3 is 4.42 Å². The SMILES string of the molecule is O=c1/c(=C/c2ccc(-c3ccc(Br)cc3)o2)sc2ncnn12. The average Bonchev–Trinajstić information content (AvgIpc) is 3.21. The summed E-state index contributed by atoms with van der Waals surface area (Å²) in [5.41, 5.74) is 0.798.